The molecule has 7 heteroatoms. The Labute approximate surface area is 102 Å². The molecule has 2 aromatic rings. The van der Waals surface area contributed by atoms with Gasteiger partial charge < -0.3 is 0 Å². The molecule has 17 heavy (non-hydrogen) atoms. The Morgan fingerprint density at radius 2 is 2.00 bits per heavy atom. The van der Waals surface area contributed by atoms with Gasteiger partial charge in [0.15, 0.2) is 0 Å². The van der Waals surface area contributed by atoms with Crippen LogP contribution in [0, 0.1) is 5.82 Å². The van der Waals surface area contributed by atoms with Crippen molar-refractivity contribution >= 4 is 21.2 Å². The molecule has 0 bridgehead atoms. The fourth-order valence-electron chi connectivity index (χ4n) is 1.26. The average Bonchev–Trinajstić information content (AvgIpc) is 2.69. The van der Waals surface area contributed by atoms with E-state index in [0.717, 1.165) is 17.6 Å². The van der Waals surface area contributed by atoms with E-state index in [1.165, 1.54) is 6.07 Å². The van der Waals surface area contributed by atoms with Crippen molar-refractivity contribution in [2.75, 3.05) is 6.26 Å². The maximum Gasteiger partial charge on any atom is 0.232 e. The standard InChI is InChI=1S/C10H9FN2O2S2/c1-17(14,15)10-13-12-9(16-10)6-7-4-2-3-5-8(7)11/h2-5H,6H2,1H3. The molecule has 1 aromatic heterocycles. The third kappa shape index (κ3) is 2.86. The molecule has 0 atom stereocenters. The zero-order chi connectivity index (χ0) is 12.5. The molecule has 1 aromatic carbocycles. The number of benzene rings is 1. The SMILES string of the molecule is CS(=O)(=O)c1nnc(Cc2ccccc2F)s1. The third-order valence-corrected chi connectivity index (χ3v) is 4.66. The van der Waals surface area contributed by atoms with Gasteiger partial charge in [-0.2, -0.15) is 0 Å². The summed E-state index contributed by atoms with van der Waals surface area (Å²) in [7, 11) is -3.33. The summed E-state index contributed by atoms with van der Waals surface area (Å²) in [5.74, 6) is -0.330. The molecule has 0 saturated carbocycles. The van der Waals surface area contributed by atoms with Crippen LogP contribution in [-0.4, -0.2) is 24.9 Å². The molecule has 0 aliphatic carbocycles. The molecule has 0 fully saturated rings. The van der Waals surface area contributed by atoms with Crippen molar-refractivity contribution in [2.45, 2.75) is 10.8 Å². The topological polar surface area (TPSA) is 59.9 Å². The third-order valence-electron chi connectivity index (χ3n) is 2.07. The fraction of sp³-hybridized carbons (Fsp3) is 0.200. The van der Waals surface area contributed by atoms with Gasteiger partial charge in [-0.25, -0.2) is 12.8 Å². The van der Waals surface area contributed by atoms with Gasteiger partial charge in [-0.05, 0) is 11.6 Å². The maximum atomic E-state index is 13.4. The van der Waals surface area contributed by atoms with E-state index in [9.17, 15) is 12.8 Å². The van der Waals surface area contributed by atoms with Gasteiger partial charge in [0.1, 0.15) is 10.8 Å². The van der Waals surface area contributed by atoms with Gasteiger partial charge in [0.25, 0.3) is 0 Å². The lowest BCUT2D eigenvalue weighted by atomic mass is 10.1. The summed E-state index contributed by atoms with van der Waals surface area (Å²) in [6, 6.07) is 6.31. The quantitative estimate of drug-likeness (QED) is 0.852. The van der Waals surface area contributed by atoms with Crippen molar-refractivity contribution in [1.82, 2.24) is 10.2 Å². The zero-order valence-corrected chi connectivity index (χ0v) is 10.6. The smallest absolute Gasteiger partial charge is 0.221 e. The number of sulfone groups is 1. The first-order chi connectivity index (χ1) is 7.97. The van der Waals surface area contributed by atoms with Crippen molar-refractivity contribution in [3.05, 3.63) is 40.7 Å². The first-order valence-electron chi connectivity index (χ1n) is 4.72. The van der Waals surface area contributed by atoms with Crippen LogP contribution in [0.2, 0.25) is 0 Å². The first-order valence-corrected chi connectivity index (χ1v) is 7.43. The second kappa shape index (κ2) is 4.50. The Morgan fingerprint density at radius 3 is 2.59 bits per heavy atom. The Morgan fingerprint density at radius 1 is 1.29 bits per heavy atom. The molecule has 0 radical (unpaired) electrons. The number of hydrogen-bond donors (Lipinski definition) is 0. The molecule has 0 saturated heterocycles. The lowest BCUT2D eigenvalue weighted by molar-refractivity contribution is 0.599. The summed E-state index contributed by atoms with van der Waals surface area (Å²) < 4.78 is 35.7. The van der Waals surface area contributed by atoms with Crippen molar-refractivity contribution < 1.29 is 12.8 Å². The summed E-state index contributed by atoms with van der Waals surface area (Å²) in [5.41, 5.74) is 0.476. The minimum atomic E-state index is -3.33. The van der Waals surface area contributed by atoms with Gasteiger partial charge >= 0.3 is 0 Å². The second-order valence-electron chi connectivity index (χ2n) is 3.50. The molecule has 90 valence electrons. The van der Waals surface area contributed by atoms with Gasteiger partial charge in [-0.3, -0.25) is 0 Å². The fourth-order valence-corrected chi connectivity index (χ4v) is 2.94. The number of rotatable bonds is 3. The highest BCUT2D eigenvalue weighted by atomic mass is 32.2. The van der Waals surface area contributed by atoms with Crippen LogP contribution in [0.5, 0.6) is 0 Å². The molecule has 1 heterocycles. The first kappa shape index (κ1) is 12.1. The molecule has 0 unspecified atom stereocenters. The van der Waals surface area contributed by atoms with Gasteiger partial charge in [0, 0.05) is 12.7 Å². The summed E-state index contributed by atoms with van der Waals surface area (Å²) >= 11 is 0.967. The molecule has 4 nitrogen and oxygen atoms in total. The van der Waals surface area contributed by atoms with E-state index in [0.29, 0.717) is 10.6 Å². The molecular weight excluding hydrogens is 263 g/mol. The summed E-state index contributed by atoms with van der Waals surface area (Å²) in [4.78, 5) is 0. The minimum absolute atomic E-state index is 0.0381. The van der Waals surface area contributed by atoms with E-state index in [-0.39, 0.29) is 16.6 Å². The molecular formula is C10H9FN2O2S2. The Bertz CT molecular complexity index is 637. The van der Waals surface area contributed by atoms with Crippen LogP contribution in [0.1, 0.15) is 10.6 Å². The van der Waals surface area contributed by atoms with Gasteiger partial charge in [-0.1, -0.05) is 29.5 Å². The van der Waals surface area contributed by atoms with Crippen LogP contribution in [-0.2, 0) is 16.3 Å². The summed E-state index contributed by atoms with van der Waals surface area (Å²) in [6.07, 6.45) is 1.32. The molecule has 0 aliphatic heterocycles. The molecule has 0 amide bonds. The van der Waals surface area contributed by atoms with Crippen LogP contribution < -0.4 is 0 Å². The predicted molar refractivity (Wildman–Crippen MR) is 62.2 cm³/mol. The second-order valence-corrected chi connectivity index (χ2v) is 6.75. The number of aromatic nitrogens is 2. The minimum Gasteiger partial charge on any atom is -0.221 e. The zero-order valence-electron chi connectivity index (χ0n) is 8.92. The molecule has 0 spiro atoms. The van der Waals surface area contributed by atoms with Gasteiger partial charge in [-0.15, -0.1) is 10.2 Å². The maximum absolute atomic E-state index is 13.4. The van der Waals surface area contributed by atoms with Crippen LogP contribution in [0.25, 0.3) is 0 Å². The Hall–Kier alpha value is -1.34. The van der Waals surface area contributed by atoms with Crippen LogP contribution in [0.15, 0.2) is 28.6 Å². The Balaban J connectivity index is 2.26. The van der Waals surface area contributed by atoms with Crippen molar-refractivity contribution in [3.63, 3.8) is 0 Å². The lowest BCUT2D eigenvalue weighted by Crippen LogP contribution is -1.95. The van der Waals surface area contributed by atoms with Gasteiger partial charge in [0.2, 0.25) is 14.2 Å². The number of nitrogens with zero attached hydrogens (tertiary/aromatic N) is 2. The van der Waals surface area contributed by atoms with Crippen molar-refractivity contribution in [3.8, 4) is 0 Å². The van der Waals surface area contributed by atoms with Crippen LogP contribution >= 0.6 is 11.3 Å². The highest BCUT2D eigenvalue weighted by Gasteiger charge is 2.15. The number of hydrogen-bond acceptors (Lipinski definition) is 5. The summed E-state index contributed by atoms with van der Waals surface area (Å²) in [6.45, 7) is 0. The molecule has 2 rings (SSSR count). The van der Waals surface area contributed by atoms with E-state index >= 15 is 0 Å². The van der Waals surface area contributed by atoms with E-state index in [1.807, 2.05) is 0 Å². The highest BCUT2D eigenvalue weighted by Crippen LogP contribution is 2.19. The van der Waals surface area contributed by atoms with Crippen molar-refractivity contribution in [2.24, 2.45) is 0 Å². The van der Waals surface area contributed by atoms with Gasteiger partial charge in [0.05, 0.1) is 0 Å². The van der Waals surface area contributed by atoms with Crippen LogP contribution in [0.4, 0.5) is 4.39 Å². The van der Waals surface area contributed by atoms with E-state index < -0.39 is 9.84 Å². The highest BCUT2D eigenvalue weighted by molar-refractivity contribution is 7.92. The largest absolute Gasteiger partial charge is 0.232 e. The van der Waals surface area contributed by atoms with E-state index in [2.05, 4.69) is 10.2 Å². The number of halogens is 1. The average molecular weight is 272 g/mol. The Kier molecular flexibility index (Phi) is 3.21. The summed E-state index contributed by atoms with van der Waals surface area (Å²) in [5, 5.41) is 7.80. The van der Waals surface area contributed by atoms with Crippen LogP contribution in [0.3, 0.4) is 0 Å². The predicted octanol–water partition coefficient (Wildman–Crippen LogP) is 1.67. The molecule has 0 aliphatic rings. The van der Waals surface area contributed by atoms with E-state index in [4.69, 9.17) is 0 Å². The normalized spacial score (nSPS) is 11.6. The monoisotopic (exact) mass is 272 g/mol. The lowest BCUT2D eigenvalue weighted by Gasteiger charge is -1.98. The molecule has 0 N–H and O–H groups in total. The van der Waals surface area contributed by atoms with E-state index in [1.54, 1.807) is 18.2 Å². The van der Waals surface area contributed by atoms with Crippen molar-refractivity contribution in [1.29, 1.82) is 0 Å².